The second-order valence-electron chi connectivity index (χ2n) is 6.08. The quantitative estimate of drug-likeness (QED) is 0.407. The predicted octanol–water partition coefficient (Wildman–Crippen LogP) is 4.20. The Morgan fingerprint density at radius 1 is 1.33 bits per heavy atom. The van der Waals surface area contributed by atoms with Crippen LogP contribution >= 0.6 is 0 Å². The summed E-state index contributed by atoms with van der Waals surface area (Å²) >= 11 is 0. The van der Waals surface area contributed by atoms with Crippen molar-refractivity contribution in [3.8, 4) is 5.75 Å². The predicted molar refractivity (Wildman–Crippen MR) is 93.9 cm³/mol. The summed E-state index contributed by atoms with van der Waals surface area (Å²) in [5, 5.41) is 0. The van der Waals surface area contributed by atoms with Crippen LogP contribution in [-0.4, -0.2) is 25.8 Å². The summed E-state index contributed by atoms with van der Waals surface area (Å²) in [6.07, 6.45) is 6.11. The van der Waals surface area contributed by atoms with Gasteiger partial charge in [0.25, 0.3) is 0 Å². The number of cyclic esters (lactones) is 1. The maximum absolute atomic E-state index is 11.3. The summed E-state index contributed by atoms with van der Waals surface area (Å²) in [7, 11) is 1.66. The lowest BCUT2D eigenvalue weighted by atomic mass is 10.0. The number of carbonyl (C=O) groups is 1. The standard InChI is InChI=1S/C20H26O4/c1-15(4-10-19-16(2)5-11-20(21)24-19)12-13-23-14-17-6-8-18(22-3)9-7-17/h5-9,12,19H,4,10-11,13-14H2,1-3H3/b15-12-/t19-/m0/s1. The average molecular weight is 330 g/mol. The molecule has 24 heavy (non-hydrogen) atoms. The highest BCUT2D eigenvalue weighted by atomic mass is 16.5. The van der Waals surface area contributed by atoms with Crippen molar-refractivity contribution in [2.75, 3.05) is 13.7 Å². The highest BCUT2D eigenvalue weighted by Gasteiger charge is 2.20. The van der Waals surface area contributed by atoms with Crippen molar-refractivity contribution in [2.24, 2.45) is 0 Å². The van der Waals surface area contributed by atoms with Gasteiger partial charge in [-0.1, -0.05) is 29.9 Å². The van der Waals surface area contributed by atoms with Gasteiger partial charge in [0.15, 0.2) is 0 Å². The van der Waals surface area contributed by atoms with Crippen molar-refractivity contribution in [3.63, 3.8) is 0 Å². The Morgan fingerprint density at radius 2 is 2.08 bits per heavy atom. The number of rotatable bonds is 8. The molecule has 0 bridgehead atoms. The molecule has 0 amide bonds. The minimum Gasteiger partial charge on any atom is -0.497 e. The van der Waals surface area contributed by atoms with E-state index < -0.39 is 0 Å². The molecule has 4 nitrogen and oxygen atoms in total. The third kappa shape index (κ3) is 5.85. The van der Waals surface area contributed by atoms with Crippen molar-refractivity contribution in [3.05, 3.63) is 53.1 Å². The second-order valence-corrected chi connectivity index (χ2v) is 6.08. The molecule has 0 unspecified atom stereocenters. The van der Waals surface area contributed by atoms with Gasteiger partial charge >= 0.3 is 5.97 Å². The van der Waals surface area contributed by atoms with Gasteiger partial charge < -0.3 is 14.2 Å². The molecule has 4 heteroatoms. The Bertz CT molecular complexity index is 599. The van der Waals surface area contributed by atoms with Crippen LogP contribution in [0.25, 0.3) is 0 Å². The molecule has 2 rings (SSSR count). The van der Waals surface area contributed by atoms with Crippen LogP contribution in [0.5, 0.6) is 5.75 Å². The highest BCUT2D eigenvalue weighted by Crippen LogP contribution is 2.21. The Hall–Kier alpha value is -2.07. The summed E-state index contributed by atoms with van der Waals surface area (Å²) in [6, 6.07) is 7.87. The molecule has 0 saturated carbocycles. The number of allylic oxidation sites excluding steroid dienone is 1. The van der Waals surface area contributed by atoms with Crippen LogP contribution in [0, 0.1) is 0 Å². The zero-order chi connectivity index (χ0) is 17.4. The Morgan fingerprint density at radius 3 is 2.79 bits per heavy atom. The molecule has 0 spiro atoms. The number of benzene rings is 1. The number of ether oxygens (including phenoxy) is 3. The Kier molecular flexibility index (Phi) is 7.07. The lowest BCUT2D eigenvalue weighted by Crippen LogP contribution is -2.23. The van der Waals surface area contributed by atoms with Crippen LogP contribution in [0.1, 0.15) is 38.7 Å². The normalized spacial score (nSPS) is 18.1. The van der Waals surface area contributed by atoms with Gasteiger partial charge in [-0.15, -0.1) is 0 Å². The fourth-order valence-electron chi connectivity index (χ4n) is 2.52. The lowest BCUT2D eigenvalue weighted by Gasteiger charge is -2.22. The third-order valence-corrected chi connectivity index (χ3v) is 4.15. The molecule has 0 saturated heterocycles. The SMILES string of the molecule is COc1ccc(COC/C=C(/C)CC[C@@H]2OC(=O)CC=C2C)cc1. The lowest BCUT2D eigenvalue weighted by molar-refractivity contribution is -0.147. The van der Waals surface area contributed by atoms with E-state index in [-0.39, 0.29) is 12.1 Å². The summed E-state index contributed by atoms with van der Waals surface area (Å²) in [6.45, 7) is 5.27. The number of hydrogen-bond acceptors (Lipinski definition) is 4. The van der Waals surface area contributed by atoms with Crippen molar-refractivity contribution >= 4 is 5.97 Å². The first-order chi connectivity index (χ1) is 11.6. The van der Waals surface area contributed by atoms with E-state index in [1.54, 1.807) is 7.11 Å². The van der Waals surface area contributed by atoms with Crippen LogP contribution < -0.4 is 4.74 Å². The summed E-state index contributed by atoms with van der Waals surface area (Å²) in [5.74, 6) is 0.720. The molecule has 0 N–H and O–H groups in total. The molecule has 1 aromatic rings. The van der Waals surface area contributed by atoms with Gasteiger partial charge in [0, 0.05) is 0 Å². The molecule has 0 aromatic heterocycles. The molecule has 0 aliphatic carbocycles. The van der Waals surface area contributed by atoms with E-state index >= 15 is 0 Å². The number of carbonyl (C=O) groups excluding carboxylic acids is 1. The molecule has 1 aliphatic heterocycles. The first-order valence-corrected chi connectivity index (χ1v) is 8.31. The van der Waals surface area contributed by atoms with Gasteiger partial charge in [0.1, 0.15) is 11.9 Å². The zero-order valence-electron chi connectivity index (χ0n) is 14.7. The molecule has 0 fully saturated rings. The van der Waals surface area contributed by atoms with Crippen LogP contribution in [0.2, 0.25) is 0 Å². The largest absolute Gasteiger partial charge is 0.497 e. The first kappa shape index (κ1) is 18.3. The minimum absolute atomic E-state index is 0.0742. The monoisotopic (exact) mass is 330 g/mol. The van der Waals surface area contributed by atoms with Crippen molar-refractivity contribution in [2.45, 2.75) is 45.8 Å². The summed E-state index contributed by atoms with van der Waals surface area (Å²) < 4.78 is 16.2. The topological polar surface area (TPSA) is 44.8 Å². The van der Waals surface area contributed by atoms with Gasteiger partial charge in [-0.05, 0) is 50.0 Å². The van der Waals surface area contributed by atoms with E-state index in [1.165, 1.54) is 5.57 Å². The summed E-state index contributed by atoms with van der Waals surface area (Å²) in [5.41, 5.74) is 3.52. The van der Waals surface area contributed by atoms with Gasteiger partial charge in [-0.2, -0.15) is 0 Å². The van der Waals surface area contributed by atoms with Crippen molar-refractivity contribution < 1.29 is 19.0 Å². The summed E-state index contributed by atoms with van der Waals surface area (Å²) in [4.78, 5) is 11.3. The molecule has 1 aromatic carbocycles. The van der Waals surface area contributed by atoms with E-state index in [0.717, 1.165) is 29.7 Å². The maximum atomic E-state index is 11.3. The fraction of sp³-hybridized carbons (Fsp3) is 0.450. The molecule has 0 radical (unpaired) electrons. The third-order valence-electron chi connectivity index (χ3n) is 4.15. The first-order valence-electron chi connectivity index (χ1n) is 8.31. The van der Waals surface area contributed by atoms with E-state index in [1.807, 2.05) is 37.3 Å². The Balaban J connectivity index is 1.68. The second kappa shape index (κ2) is 9.28. The van der Waals surface area contributed by atoms with Gasteiger partial charge in [-0.25, -0.2) is 0 Å². The number of hydrogen-bond donors (Lipinski definition) is 0. The van der Waals surface area contributed by atoms with E-state index in [0.29, 0.717) is 19.6 Å². The van der Waals surface area contributed by atoms with E-state index in [2.05, 4.69) is 13.0 Å². The van der Waals surface area contributed by atoms with E-state index in [4.69, 9.17) is 14.2 Å². The van der Waals surface area contributed by atoms with Crippen molar-refractivity contribution in [1.82, 2.24) is 0 Å². The fourth-order valence-corrected chi connectivity index (χ4v) is 2.52. The van der Waals surface area contributed by atoms with Gasteiger partial charge in [0.2, 0.25) is 0 Å². The van der Waals surface area contributed by atoms with Crippen LogP contribution in [0.4, 0.5) is 0 Å². The maximum Gasteiger partial charge on any atom is 0.310 e. The van der Waals surface area contributed by atoms with E-state index in [9.17, 15) is 4.79 Å². The molecular weight excluding hydrogens is 304 g/mol. The van der Waals surface area contributed by atoms with Crippen LogP contribution in [-0.2, 0) is 20.9 Å². The van der Waals surface area contributed by atoms with Gasteiger partial charge in [0.05, 0.1) is 26.7 Å². The van der Waals surface area contributed by atoms with Gasteiger partial charge in [-0.3, -0.25) is 4.79 Å². The number of esters is 1. The molecule has 1 atom stereocenters. The Labute approximate surface area is 144 Å². The molecule has 1 heterocycles. The smallest absolute Gasteiger partial charge is 0.310 e. The molecular formula is C20H26O4. The van der Waals surface area contributed by atoms with Crippen molar-refractivity contribution in [1.29, 1.82) is 0 Å². The highest BCUT2D eigenvalue weighted by molar-refractivity contribution is 5.73. The van der Waals surface area contributed by atoms with Crippen LogP contribution in [0.15, 0.2) is 47.6 Å². The average Bonchev–Trinajstić information content (AvgIpc) is 2.60. The molecule has 130 valence electrons. The van der Waals surface area contributed by atoms with Crippen LogP contribution in [0.3, 0.4) is 0 Å². The number of methoxy groups -OCH3 is 1. The zero-order valence-corrected chi connectivity index (χ0v) is 14.7. The molecule has 1 aliphatic rings. The minimum atomic E-state index is -0.130.